The van der Waals surface area contributed by atoms with Crippen LogP contribution < -0.4 is 0 Å². The zero-order valence-electron chi connectivity index (χ0n) is 20.5. The molecule has 4 nitrogen and oxygen atoms in total. The quantitative estimate of drug-likeness (QED) is 0.461. The number of rotatable bonds is 4. The van der Waals surface area contributed by atoms with E-state index in [1.807, 2.05) is 0 Å². The van der Waals surface area contributed by atoms with E-state index in [1.165, 1.54) is 90.6 Å². The number of aliphatic hydroxyl groups excluding tert-OH is 1. The molecule has 0 aromatic carbocycles. The third kappa shape index (κ3) is 9.97. The maximum Gasteiger partial charge on any atom is 1.00 e. The number of ether oxygens (including phenoxy) is 2. The molecule has 0 amide bonds. The highest BCUT2D eigenvalue weighted by atomic mass is 16.5. The van der Waals surface area contributed by atoms with Crippen LogP contribution in [0.2, 0.25) is 0 Å². The topological polar surface area (TPSA) is 55.8 Å². The van der Waals surface area contributed by atoms with Crippen molar-refractivity contribution >= 4 is 5.97 Å². The summed E-state index contributed by atoms with van der Waals surface area (Å²) in [5.74, 6) is 0.854. The summed E-state index contributed by atoms with van der Waals surface area (Å²) in [6.45, 7) is 5.07. The van der Waals surface area contributed by atoms with E-state index in [2.05, 4.69) is 11.3 Å². The normalized spacial score (nSPS) is 23.4. The first-order chi connectivity index (χ1) is 14.5. The number of hydrogen-bond donors (Lipinski definition) is 1. The standard InChI is InChI=1S/C13H24O3.C13H22O.CH4/c1-16-12(15)7-10-13(11-14)8-5-3-2-4-6-9-13;1-12-7-10-13(11-14-12)8-5-3-2-4-6-9-13;/h14H,2-11H2,1H3;1-11H2;1H4/p+1/i/hD. The second kappa shape index (κ2) is 14.9. The molecule has 1 aliphatic heterocycles. The van der Waals surface area contributed by atoms with E-state index < -0.39 is 0 Å². The highest BCUT2D eigenvalue weighted by Gasteiger charge is 2.34. The summed E-state index contributed by atoms with van der Waals surface area (Å²) in [5, 5.41) is 9.59. The second-order valence-electron chi connectivity index (χ2n) is 10.1. The summed E-state index contributed by atoms with van der Waals surface area (Å²) in [4.78, 5) is 11.2. The summed E-state index contributed by atoms with van der Waals surface area (Å²) >= 11 is 0. The number of methoxy groups -OCH3 is 1. The van der Waals surface area contributed by atoms with Gasteiger partial charge in [-0.15, -0.1) is 0 Å². The summed E-state index contributed by atoms with van der Waals surface area (Å²) in [7, 11) is 1.42. The Kier molecular flexibility index (Phi) is 13.5. The smallest absolute Gasteiger partial charge is 0.498 e. The van der Waals surface area contributed by atoms with Gasteiger partial charge in [0.05, 0.1) is 19.5 Å². The Balaban J connectivity index is 0.000000568. The van der Waals surface area contributed by atoms with Gasteiger partial charge in [-0.1, -0.05) is 78.2 Å². The second-order valence-corrected chi connectivity index (χ2v) is 10.1. The van der Waals surface area contributed by atoms with Gasteiger partial charge < -0.3 is 14.6 Å². The first kappa shape index (κ1) is 28.0. The highest BCUT2D eigenvalue weighted by Crippen LogP contribution is 2.42. The lowest BCUT2D eigenvalue weighted by atomic mass is 9.72. The fourth-order valence-corrected chi connectivity index (χ4v) is 5.47. The van der Waals surface area contributed by atoms with Crippen molar-refractivity contribution < 1.29 is 20.8 Å². The fraction of sp³-hybridized carbons (Fsp3) is 0.889. The third-order valence-electron chi connectivity index (χ3n) is 7.77. The van der Waals surface area contributed by atoms with Gasteiger partial charge in [0.1, 0.15) is 0 Å². The van der Waals surface area contributed by atoms with Crippen LogP contribution in [0, 0.1) is 10.8 Å². The predicted molar refractivity (Wildman–Crippen MR) is 130 cm³/mol. The molecule has 0 aromatic rings. The number of aliphatic hydroxyl groups is 1. The minimum absolute atomic E-state index is 0. The number of hydrogen-bond acceptors (Lipinski definition) is 4. The van der Waals surface area contributed by atoms with Crippen LogP contribution in [0.25, 0.3) is 0 Å². The van der Waals surface area contributed by atoms with Crippen molar-refractivity contribution in [1.82, 2.24) is 0 Å². The van der Waals surface area contributed by atoms with Crippen molar-refractivity contribution in [3.05, 3.63) is 12.3 Å². The van der Waals surface area contributed by atoms with Crippen molar-refractivity contribution in [2.45, 2.75) is 123 Å². The van der Waals surface area contributed by atoms with Crippen molar-refractivity contribution in [3.63, 3.8) is 0 Å². The van der Waals surface area contributed by atoms with Crippen molar-refractivity contribution in [1.29, 1.82) is 0 Å². The molecule has 1 saturated heterocycles. The molecule has 1 heterocycles. The molecule has 2 aliphatic carbocycles. The molecule has 4 heteroatoms. The Morgan fingerprint density at radius 3 is 1.94 bits per heavy atom. The Bertz CT molecular complexity index is 492. The van der Waals surface area contributed by atoms with E-state index in [9.17, 15) is 9.90 Å². The first-order valence-corrected chi connectivity index (χ1v) is 12.5. The molecule has 3 rings (SSSR count). The zero-order valence-corrected chi connectivity index (χ0v) is 19.5. The van der Waals surface area contributed by atoms with Gasteiger partial charge in [-0.3, -0.25) is 4.79 Å². The molecular weight excluding hydrogens is 388 g/mol. The third-order valence-corrected chi connectivity index (χ3v) is 7.77. The maximum absolute atomic E-state index is 11.2. The molecule has 0 aromatic heterocycles. The molecule has 182 valence electrons. The van der Waals surface area contributed by atoms with Crippen molar-refractivity contribution in [2.75, 3.05) is 20.3 Å². The SMILES string of the molecule is C.C=C1CCC2(CCCCCCC2)CO1.COC(=O)CCC1(CO)CCCCCCC1.[2H+]. The van der Waals surface area contributed by atoms with Crippen LogP contribution in [0.4, 0.5) is 0 Å². The van der Waals surface area contributed by atoms with Crippen molar-refractivity contribution in [2.24, 2.45) is 10.8 Å². The molecule has 0 unspecified atom stereocenters. The lowest BCUT2D eigenvalue weighted by Crippen LogP contribution is -2.31. The lowest BCUT2D eigenvalue weighted by molar-refractivity contribution is -0.141. The summed E-state index contributed by atoms with van der Waals surface area (Å²) in [6.07, 6.45) is 21.9. The van der Waals surface area contributed by atoms with E-state index in [0.29, 0.717) is 11.8 Å². The average molecular weight is 441 g/mol. The molecule has 3 aliphatic rings. The Hall–Kier alpha value is -1.03. The van der Waals surface area contributed by atoms with E-state index in [1.54, 1.807) is 0 Å². The fourth-order valence-electron chi connectivity index (χ4n) is 5.47. The molecule has 2 saturated carbocycles. The van der Waals surface area contributed by atoms with Crippen LogP contribution in [0.1, 0.15) is 124 Å². The van der Waals surface area contributed by atoms with E-state index in [-0.39, 0.29) is 26.8 Å². The van der Waals surface area contributed by atoms with Gasteiger partial charge in [0.25, 0.3) is 0 Å². The summed E-state index contributed by atoms with van der Waals surface area (Å²) in [6, 6.07) is 0. The molecule has 0 radical (unpaired) electrons. The van der Waals surface area contributed by atoms with E-state index in [4.69, 9.17) is 4.74 Å². The summed E-state index contributed by atoms with van der Waals surface area (Å²) < 4.78 is 10.3. The molecule has 1 spiro atoms. The van der Waals surface area contributed by atoms with Crippen LogP contribution >= 0.6 is 0 Å². The van der Waals surface area contributed by atoms with Crippen LogP contribution in [-0.4, -0.2) is 31.4 Å². The van der Waals surface area contributed by atoms with Gasteiger partial charge >= 0.3 is 7.40 Å². The van der Waals surface area contributed by atoms with Crippen molar-refractivity contribution in [3.8, 4) is 0 Å². The number of esters is 1. The summed E-state index contributed by atoms with van der Waals surface area (Å²) in [5.41, 5.74) is 0.510. The minimum Gasteiger partial charge on any atom is -0.498 e. The predicted octanol–water partition coefficient (Wildman–Crippen LogP) is 7.45. The van der Waals surface area contributed by atoms with Gasteiger partial charge in [-0.2, -0.15) is 0 Å². The molecule has 0 atom stereocenters. The minimum atomic E-state index is -0.158. The molecule has 1 N–H and O–H groups in total. The Morgan fingerprint density at radius 2 is 1.48 bits per heavy atom. The zero-order chi connectivity index (χ0) is 21.7. The monoisotopic (exact) mass is 440 g/mol. The van der Waals surface area contributed by atoms with Gasteiger partial charge in [-0.05, 0) is 43.9 Å². The first-order valence-electron chi connectivity index (χ1n) is 12.5. The lowest BCUT2D eigenvalue weighted by Gasteiger charge is -2.39. The molecule has 0 bridgehead atoms. The maximum atomic E-state index is 11.2. The largest absolute Gasteiger partial charge is 1.00 e. The number of carbonyl (C=O) groups is 1. The molecular formula is C27H51O4+. The van der Waals surface area contributed by atoms with E-state index >= 15 is 0 Å². The number of carbonyl (C=O) groups excluding carboxylic acids is 1. The van der Waals surface area contributed by atoms with E-state index in [0.717, 1.165) is 38.0 Å². The number of allylic oxidation sites excluding steroid dienone is 1. The Labute approximate surface area is 193 Å². The van der Waals surface area contributed by atoms with Gasteiger partial charge in [0.2, 0.25) is 0 Å². The van der Waals surface area contributed by atoms with Gasteiger partial charge in [-0.25, -0.2) is 0 Å². The molecule has 31 heavy (non-hydrogen) atoms. The van der Waals surface area contributed by atoms with Gasteiger partial charge in [0.15, 0.2) is 0 Å². The van der Waals surface area contributed by atoms with Crippen LogP contribution in [-0.2, 0) is 14.3 Å². The molecule has 3 fully saturated rings. The van der Waals surface area contributed by atoms with Crippen LogP contribution in [0.3, 0.4) is 0 Å². The van der Waals surface area contributed by atoms with Gasteiger partial charge in [0, 0.05) is 24.9 Å². The Morgan fingerprint density at radius 1 is 0.968 bits per heavy atom. The average Bonchev–Trinajstić information content (AvgIpc) is 2.73. The van der Waals surface area contributed by atoms with Crippen LogP contribution in [0.15, 0.2) is 12.3 Å². The van der Waals surface area contributed by atoms with Crippen LogP contribution in [0.5, 0.6) is 0 Å². The highest BCUT2D eigenvalue weighted by molar-refractivity contribution is 5.69.